The molecule has 1 atom stereocenters. The first-order chi connectivity index (χ1) is 10.3. The number of rotatable bonds is 5. The summed E-state index contributed by atoms with van der Waals surface area (Å²) in [7, 11) is 3.70. The zero-order chi connectivity index (χ0) is 14.7. The van der Waals surface area contributed by atoms with Gasteiger partial charge in [-0.1, -0.05) is 18.2 Å². The average Bonchev–Trinajstić information content (AvgIpc) is 2.95. The summed E-state index contributed by atoms with van der Waals surface area (Å²) in [4.78, 5) is 0. The van der Waals surface area contributed by atoms with Crippen LogP contribution in [0.4, 0.5) is 0 Å². The smallest absolute Gasteiger partial charge is 0.120 e. The number of hydrogen-bond acceptors (Lipinski definition) is 3. The highest BCUT2D eigenvalue weighted by Crippen LogP contribution is 2.33. The molecular formula is C18H21NO2. The number of nitrogens with one attached hydrogen (secondary N) is 1. The van der Waals surface area contributed by atoms with Gasteiger partial charge in [0.1, 0.15) is 18.1 Å². The summed E-state index contributed by atoms with van der Waals surface area (Å²) in [6.45, 7) is 0.582. The number of ether oxygens (including phenoxy) is 2. The van der Waals surface area contributed by atoms with E-state index in [-0.39, 0.29) is 0 Å². The maximum Gasteiger partial charge on any atom is 0.120 e. The van der Waals surface area contributed by atoms with Crippen molar-refractivity contribution in [1.29, 1.82) is 0 Å². The maximum absolute atomic E-state index is 5.90. The Labute approximate surface area is 125 Å². The van der Waals surface area contributed by atoms with Crippen molar-refractivity contribution >= 4 is 0 Å². The molecule has 0 spiro atoms. The van der Waals surface area contributed by atoms with Crippen LogP contribution < -0.4 is 14.8 Å². The van der Waals surface area contributed by atoms with Gasteiger partial charge in [-0.05, 0) is 60.8 Å². The summed E-state index contributed by atoms with van der Waals surface area (Å²) in [6.07, 6.45) is 2.30. The van der Waals surface area contributed by atoms with Crippen LogP contribution in [0.3, 0.4) is 0 Å². The molecule has 1 unspecified atom stereocenters. The first-order valence-electron chi connectivity index (χ1n) is 7.36. The van der Waals surface area contributed by atoms with Gasteiger partial charge in [0, 0.05) is 6.04 Å². The molecule has 110 valence electrons. The molecule has 0 saturated carbocycles. The Hall–Kier alpha value is -2.00. The van der Waals surface area contributed by atoms with Crippen LogP contribution in [-0.2, 0) is 13.0 Å². The Bertz CT molecular complexity index is 607. The monoisotopic (exact) mass is 283 g/mol. The Kier molecular flexibility index (Phi) is 4.11. The topological polar surface area (TPSA) is 30.5 Å². The minimum atomic E-state index is 0.496. The third-order valence-corrected chi connectivity index (χ3v) is 4.11. The third-order valence-electron chi connectivity index (χ3n) is 4.11. The van der Waals surface area contributed by atoms with Crippen LogP contribution in [0, 0.1) is 0 Å². The van der Waals surface area contributed by atoms with Crippen LogP contribution in [0.15, 0.2) is 42.5 Å². The molecule has 0 aromatic heterocycles. The van der Waals surface area contributed by atoms with E-state index in [0.29, 0.717) is 12.6 Å². The van der Waals surface area contributed by atoms with Gasteiger partial charge in [-0.15, -0.1) is 0 Å². The predicted octanol–water partition coefficient (Wildman–Crippen LogP) is 3.48. The van der Waals surface area contributed by atoms with Gasteiger partial charge in [-0.3, -0.25) is 0 Å². The standard InChI is InChI=1S/C18H21NO2/c1-19-18-10-5-14-11-16(8-9-17(14)18)21-12-13-3-6-15(20-2)7-4-13/h3-4,6-9,11,18-19H,5,10,12H2,1-2H3. The summed E-state index contributed by atoms with van der Waals surface area (Å²) in [5.41, 5.74) is 3.96. The lowest BCUT2D eigenvalue weighted by molar-refractivity contribution is 0.305. The van der Waals surface area contributed by atoms with Gasteiger partial charge >= 0.3 is 0 Å². The average molecular weight is 283 g/mol. The molecule has 3 rings (SSSR count). The van der Waals surface area contributed by atoms with E-state index in [1.807, 2.05) is 31.3 Å². The molecule has 1 aliphatic rings. The van der Waals surface area contributed by atoms with Gasteiger partial charge in [0.25, 0.3) is 0 Å². The van der Waals surface area contributed by atoms with Crippen LogP contribution in [0.25, 0.3) is 0 Å². The second-order valence-electron chi connectivity index (χ2n) is 5.38. The SMILES string of the molecule is CNC1CCc2cc(OCc3ccc(OC)cc3)ccc21. The van der Waals surface area contributed by atoms with E-state index in [0.717, 1.165) is 23.5 Å². The van der Waals surface area contributed by atoms with Gasteiger partial charge in [0.15, 0.2) is 0 Å². The van der Waals surface area contributed by atoms with E-state index in [1.165, 1.54) is 17.5 Å². The summed E-state index contributed by atoms with van der Waals surface area (Å²) in [6, 6.07) is 14.9. The number of aryl methyl sites for hydroxylation is 1. The quantitative estimate of drug-likeness (QED) is 0.911. The Balaban J connectivity index is 1.65. The molecule has 0 saturated heterocycles. The fourth-order valence-electron chi connectivity index (χ4n) is 2.87. The van der Waals surface area contributed by atoms with E-state index < -0.39 is 0 Å². The van der Waals surface area contributed by atoms with Crippen LogP contribution in [0.2, 0.25) is 0 Å². The molecule has 0 fully saturated rings. The van der Waals surface area contributed by atoms with Crippen molar-refractivity contribution in [3.8, 4) is 11.5 Å². The molecule has 3 nitrogen and oxygen atoms in total. The number of hydrogen-bond donors (Lipinski definition) is 1. The number of benzene rings is 2. The van der Waals surface area contributed by atoms with Gasteiger partial charge in [-0.25, -0.2) is 0 Å². The lowest BCUT2D eigenvalue weighted by atomic mass is 10.1. The van der Waals surface area contributed by atoms with E-state index in [9.17, 15) is 0 Å². The van der Waals surface area contributed by atoms with Crippen molar-refractivity contribution in [3.05, 3.63) is 59.2 Å². The normalized spacial score (nSPS) is 16.6. The molecular weight excluding hydrogens is 262 g/mol. The highest BCUT2D eigenvalue weighted by atomic mass is 16.5. The molecule has 21 heavy (non-hydrogen) atoms. The molecule has 2 aromatic rings. The van der Waals surface area contributed by atoms with Crippen LogP contribution in [0.1, 0.15) is 29.2 Å². The minimum absolute atomic E-state index is 0.496. The molecule has 0 amide bonds. The molecule has 2 aromatic carbocycles. The van der Waals surface area contributed by atoms with Gasteiger partial charge < -0.3 is 14.8 Å². The second-order valence-corrected chi connectivity index (χ2v) is 5.38. The van der Waals surface area contributed by atoms with Crippen molar-refractivity contribution in [3.63, 3.8) is 0 Å². The summed E-state index contributed by atoms with van der Waals surface area (Å²) in [5.74, 6) is 1.82. The summed E-state index contributed by atoms with van der Waals surface area (Å²) in [5, 5.41) is 3.36. The molecule has 0 heterocycles. The van der Waals surface area contributed by atoms with Crippen molar-refractivity contribution in [2.45, 2.75) is 25.5 Å². The zero-order valence-electron chi connectivity index (χ0n) is 12.6. The fourth-order valence-corrected chi connectivity index (χ4v) is 2.87. The largest absolute Gasteiger partial charge is 0.497 e. The highest BCUT2D eigenvalue weighted by molar-refractivity contribution is 5.40. The van der Waals surface area contributed by atoms with Gasteiger partial charge in [0.2, 0.25) is 0 Å². The first-order valence-corrected chi connectivity index (χ1v) is 7.36. The van der Waals surface area contributed by atoms with Gasteiger partial charge in [-0.2, -0.15) is 0 Å². The van der Waals surface area contributed by atoms with Gasteiger partial charge in [0.05, 0.1) is 7.11 Å². The summed E-state index contributed by atoms with van der Waals surface area (Å²) >= 11 is 0. The lowest BCUT2D eigenvalue weighted by Crippen LogP contribution is -2.12. The van der Waals surface area contributed by atoms with E-state index in [1.54, 1.807) is 7.11 Å². The molecule has 0 aliphatic heterocycles. The molecule has 3 heteroatoms. The predicted molar refractivity (Wildman–Crippen MR) is 83.9 cm³/mol. The molecule has 0 radical (unpaired) electrons. The molecule has 1 aliphatic carbocycles. The van der Waals surface area contributed by atoms with Crippen LogP contribution >= 0.6 is 0 Å². The van der Waals surface area contributed by atoms with Crippen molar-refractivity contribution < 1.29 is 9.47 Å². The van der Waals surface area contributed by atoms with E-state index >= 15 is 0 Å². The minimum Gasteiger partial charge on any atom is -0.497 e. The zero-order valence-corrected chi connectivity index (χ0v) is 12.6. The van der Waals surface area contributed by atoms with Crippen LogP contribution in [-0.4, -0.2) is 14.2 Å². The van der Waals surface area contributed by atoms with Crippen molar-refractivity contribution in [2.75, 3.05) is 14.2 Å². The Morgan fingerprint density at radius 3 is 2.57 bits per heavy atom. The van der Waals surface area contributed by atoms with Crippen molar-refractivity contribution in [1.82, 2.24) is 5.32 Å². The highest BCUT2D eigenvalue weighted by Gasteiger charge is 2.20. The summed E-state index contributed by atoms with van der Waals surface area (Å²) < 4.78 is 11.1. The first kappa shape index (κ1) is 14.0. The van der Waals surface area contributed by atoms with Crippen LogP contribution in [0.5, 0.6) is 11.5 Å². The number of methoxy groups -OCH3 is 1. The molecule has 0 bridgehead atoms. The third kappa shape index (κ3) is 3.03. The lowest BCUT2D eigenvalue weighted by Gasteiger charge is -2.11. The molecule has 1 N–H and O–H groups in total. The Morgan fingerprint density at radius 2 is 1.86 bits per heavy atom. The number of fused-ring (bicyclic) bond motifs is 1. The second kappa shape index (κ2) is 6.19. The van der Waals surface area contributed by atoms with E-state index in [2.05, 4.69) is 23.5 Å². The Morgan fingerprint density at radius 1 is 1.10 bits per heavy atom. The fraction of sp³-hybridized carbons (Fsp3) is 0.333. The van der Waals surface area contributed by atoms with Crippen molar-refractivity contribution in [2.24, 2.45) is 0 Å². The maximum atomic E-state index is 5.90. The van der Waals surface area contributed by atoms with E-state index in [4.69, 9.17) is 9.47 Å².